The van der Waals surface area contributed by atoms with Crippen molar-refractivity contribution in [3.8, 4) is 0 Å². The van der Waals surface area contributed by atoms with Crippen molar-refractivity contribution in [2.45, 2.75) is 33.2 Å². The fraction of sp³-hybridized carbons (Fsp3) is 0.462. The molecule has 0 saturated heterocycles. The minimum absolute atomic E-state index is 0.0216. The lowest BCUT2D eigenvalue weighted by Crippen LogP contribution is -2.26. The number of amides is 1. The first-order valence-corrected chi connectivity index (χ1v) is 6.12. The quantitative estimate of drug-likeness (QED) is 0.864. The van der Waals surface area contributed by atoms with E-state index in [-0.39, 0.29) is 5.91 Å². The van der Waals surface area contributed by atoms with Gasteiger partial charge in [-0.15, -0.1) is 0 Å². The van der Waals surface area contributed by atoms with Crippen LogP contribution in [0.4, 0.5) is 0 Å². The Bertz CT molecular complexity index is 510. The molecule has 2 heterocycles. The molecule has 0 atom stereocenters. The third kappa shape index (κ3) is 2.20. The second kappa shape index (κ2) is 5.08. The predicted octanol–water partition coefficient (Wildman–Crippen LogP) is 2.78. The summed E-state index contributed by atoms with van der Waals surface area (Å²) in [7, 11) is 0. The van der Waals surface area contributed by atoms with Crippen LogP contribution in [0.5, 0.6) is 0 Å². The molecule has 92 valence electrons. The molecule has 0 saturated carbocycles. The van der Waals surface area contributed by atoms with E-state index < -0.39 is 0 Å². The Kier molecular flexibility index (Phi) is 3.52. The number of fused-ring (bicyclic) bond motifs is 1. The zero-order chi connectivity index (χ0) is 12.3. The number of hydrogen-bond acceptors (Lipinski definition) is 2. The van der Waals surface area contributed by atoms with Gasteiger partial charge in [0.2, 0.25) is 0 Å². The maximum Gasteiger partial charge on any atom is 0.268 e. The molecule has 0 aliphatic rings. The number of nitrogens with one attached hydrogen (secondary N) is 1. The first kappa shape index (κ1) is 11.8. The molecule has 0 aliphatic heterocycles. The molecule has 4 nitrogen and oxygen atoms in total. The van der Waals surface area contributed by atoms with Crippen LogP contribution in [-0.2, 0) is 6.54 Å². The summed E-state index contributed by atoms with van der Waals surface area (Å²) >= 11 is 0. The number of furan rings is 1. The smallest absolute Gasteiger partial charge is 0.268 e. The van der Waals surface area contributed by atoms with Crippen molar-refractivity contribution in [2.24, 2.45) is 0 Å². The van der Waals surface area contributed by atoms with Gasteiger partial charge in [-0.25, -0.2) is 0 Å². The van der Waals surface area contributed by atoms with E-state index in [1.165, 1.54) is 0 Å². The Labute approximate surface area is 101 Å². The molecular formula is C13H18N2O2. The summed E-state index contributed by atoms with van der Waals surface area (Å²) < 4.78 is 7.36. The molecule has 1 N–H and O–H groups in total. The zero-order valence-electron chi connectivity index (χ0n) is 10.3. The fourth-order valence-electron chi connectivity index (χ4n) is 1.96. The number of carbonyl (C=O) groups is 1. The highest BCUT2D eigenvalue weighted by atomic mass is 16.3. The van der Waals surface area contributed by atoms with E-state index in [9.17, 15) is 4.79 Å². The predicted molar refractivity (Wildman–Crippen MR) is 67.1 cm³/mol. The number of nitrogens with zero attached hydrogens (tertiary/aromatic N) is 1. The van der Waals surface area contributed by atoms with Crippen molar-refractivity contribution in [1.82, 2.24) is 9.88 Å². The third-order valence-corrected chi connectivity index (χ3v) is 2.74. The lowest BCUT2D eigenvalue weighted by Gasteiger charge is -2.08. The lowest BCUT2D eigenvalue weighted by atomic mass is 10.3. The summed E-state index contributed by atoms with van der Waals surface area (Å²) in [5.41, 5.74) is 2.46. The highest BCUT2D eigenvalue weighted by molar-refractivity contribution is 5.97. The van der Waals surface area contributed by atoms with Crippen LogP contribution < -0.4 is 5.32 Å². The summed E-state index contributed by atoms with van der Waals surface area (Å²) in [6, 6.07) is 3.72. The van der Waals surface area contributed by atoms with Crippen LogP contribution in [0.15, 0.2) is 22.8 Å². The van der Waals surface area contributed by atoms with Gasteiger partial charge in [0.1, 0.15) is 5.69 Å². The number of rotatable bonds is 5. The van der Waals surface area contributed by atoms with Gasteiger partial charge in [0.15, 0.2) is 5.58 Å². The second-order valence-electron chi connectivity index (χ2n) is 4.11. The van der Waals surface area contributed by atoms with E-state index in [1.807, 2.05) is 23.6 Å². The molecule has 2 aromatic heterocycles. The summed E-state index contributed by atoms with van der Waals surface area (Å²) in [5, 5.41) is 2.90. The molecule has 0 fully saturated rings. The minimum Gasteiger partial charge on any atom is -0.463 e. The van der Waals surface area contributed by atoms with Crippen molar-refractivity contribution in [3.63, 3.8) is 0 Å². The van der Waals surface area contributed by atoms with Gasteiger partial charge in [0.25, 0.3) is 5.91 Å². The highest BCUT2D eigenvalue weighted by Gasteiger charge is 2.16. The van der Waals surface area contributed by atoms with Crippen molar-refractivity contribution >= 4 is 17.0 Å². The maximum atomic E-state index is 12.0. The molecule has 4 heteroatoms. The van der Waals surface area contributed by atoms with Crippen molar-refractivity contribution < 1.29 is 9.21 Å². The Morgan fingerprint density at radius 3 is 2.94 bits per heavy atom. The van der Waals surface area contributed by atoms with Crippen LogP contribution in [-0.4, -0.2) is 17.0 Å². The van der Waals surface area contributed by atoms with Gasteiger partial charge in [0, 0.05) is 25.2 Å². The van der Waals surface area contributed by atoms with Gasteiger partial charge in [-0.3, -0.25) is 4.79 Å². The van der Waals surface area contributed by atoms with E-state index in [1.54, 1.807) is 6.26 Å². The van der Waals surface area contributed by atoms with Gasteiger partial charge < -0.3 is 14.3 Å². The van der Waals surface area contributed by atoms with Gasteiger partial charge in [-0.2, -0.15) is 0 Å². The summed E-state index contributed by atoms with van der Waals surface area (Å²) in [6.07, 6.45) is 3.59. The third-order valence-electron chi connectivity index (χ3n) is 2.74. The minimum atomic E-state index is -0.0216. The van der Waals surface area contributed by atoms with Gasteiger partial charge >= 0.3 is 0 Å². The molecule has 0 aromatic carbocycles. The molecule has 0 bridgehead atoms. The van der Waals surface area contributed by atoms with E-state index in [0.29, 0.717) is 12.2 Å². The molecule has 0 unspecified atom stereocenters. The molecule has 0 radical (unpaired) electrons. The summed E-state index contributed by atoms with van der Waals surface area (Å²) in [6.45, 7) is 5.67. The molecule has 0 spiro atoms. The molecule has 2 rings (SSSR count). The zero-order valence-corrected chi connectivity index (χ0v) is 10.3. The van der Waals surface area contributed by atoms with Crippen LogP contribution in [0.25, 0.3) is 11.1 Å². The van der Waals surface area contributed by atoms with Crippen LogP contribution in [0.3, 0.4) is 0 Å². The fourth-order valence-corrected chi connectivity index (χ4v) is 1.96. The average molecular weight is 234 g/mol. The molecule has 0 aliphatic carbocycles. The highest BCUT2D eigenvalue weighted by Crippen LogP contribution is 2.21. The van der Waals surface area contributed by atoms with Crippen LogP contribution in [0.1, 0.15) is 37.2 Å². The van der Waals surface area contributed by atoms with Crippen LogP contribution in [0, 0.1) is 0 Å². The Balaban J connectivity index is 2.34. The van der Waals surface area contributed by atoms with E-state index in [0.717, 1.165) is 30.5 Å². The Hall–Kier alpha value is -1.71. The standard InChI is InChI=1S/C13H18N2O2/c1-3-6-14-13(16)11-9-12-10(5-8-17-12)15(11)7-4-2/h5,8-9H,3-4,6-7H2,1-2H3,(H,14,16). The van der Waals surface area contributed by atoms with Crippen molar-refractivity contribution in [3.05, 3.63) is 24.1 Å². The molecule has 17 heavy (non-hydrogen) atoms. The van der Waals surface area contributed by atoms with Crippen LogP contribution in [0.2, 0.25) is 0 Å². The van der Waals surface area contributed by atoms with Crippen molar-refractivity contribution in [1.29, 1.82) is 0 Å². The average Bonchev–Trinajstić information content (AvgIpc) is 2.89. The number of aromatic nitrogens is 1. The largest absolute Gasteiger partial charge is 0.463 e. The Morgan fingerprint density at radius 1 is 1.41 bits per heavy atom. The maximum absolute atomic E-state index is 12.0. The summed E-state index contributed by atoms with van der Waals surface area (Å²) in [5.74, 6) is -0.0216. The topological polar surface area (TPSA) is 47.2 Å². The normalized spacial score (nSPS) is 10.9. The van der Waals surface area contributed by atoms with Gasteiger partial charge in [0.05, 0.1) is 11.8 Å². The molecule has 1 amide bonds. The molecular weight excluding hydrogens is 216 g/mol. The van der Waals surface area contributed by atoms with Crippen LogP contribution >= 0.6 is 0 Å². The SMILES string of the molecule is CCCNC(=O)c1cc2occc2n1CCC. The lowest BCUT2D eigenvalue weighted by molar-refractivity contribution is 0.0944. The van der Waals surface area contributed by atoms with Gasteiger partial charge in [-0.1, -0.05) is 13.8 Å². The van der Waals surface area contributed by atoms with E-state index >= 15 is 0 Å². The number of aryl methyl sites for hydroxylation is 1. The first-order chi connectivity index (χ1) is 8.27. The van der Waals surface area contributed by atoms with E-state index in [4.69, 9.17) is 4.42 Å². The molecule has 2 aromatic rings. The number of carbonyl (C=O) groups excluding carboxylic acids is 1. The Morgan fingerprint density at radius 2 is 2.24 bits per heavy atom. The second-order valence-corrected chi connectivity index (χ2v) is 4.11. The monoisotopic (exact) mass is 234 g/mol. The summed E-state index contributed by atoms with van der Waals surface area (Å²) in [4.78, 5) is 12.0. The first-order valence-electron chi connectivity index (χ1n) is 6.12. The van der Waals surface area contributed by atoms with E-state index in [2.05, 4.69) is 12.2 Å². The van der Waals surface area contributed by atoms with Gasteiger partial charge in [-0.05, 0) is 12.8 Å². The number of hydrogen-bond donors (Lipinski definition) is 1. The van der Waals surface area contributed by atoms with Crippen molar-refractivity contribution in [2.75, 3.05) is 6.54 Å².